The molecule has 2 aromatic carbocycles. The largest absolute Gasteiger partial charge is 0.493 e. The average Bonchev–Trinajstić information content (AvgIpc) is 2.65. The molecular weight excluding hydrogens is 330 g/mol. The van der Waals surface area contributed by atoms with Crippen molar-refractivity contribution >= 4 is 5.91 Å². The fraction of sp³-hybridized carbons (Fsp3) is 0.381. The molecule has 5 nitrogen and oxygen atoms in total. The topological polar surface area (TPSA) is 56.8 Å². The molecule has 0 radical (unpaired) electrons. The average molecular weight is 355 g/mol. The van der Waals surface area contributed by atoms with Crippen LogP contribution in [-0.4, -0.2) is 27.2 Å². The molecular formula is C21H25NO4. The fourth-order valence-corrected chi connectivity index (χ4v) is 3.52. The zero-order chi connectivity index (χ0) is 18.6. The molecule has 0 spiro atoms. The highest BCUT2D eigenvalue weighted by molar-refractivity contribution is 5.89. The fourth-order valence-electron chi connectivity index (χ4n) is 3.52. The van der Waals surface area contributed by atoms with Crippen molar-refractivity contribution in [1.29, 1.82) is 0 Å². The summed E-state index contributed by atoms with van der Waals surface area (Å²) in [5, 5.41) is 3.09. The molecule has 5 heteroatoms. The third kappa shape index (κ3) is 3.21. The van der Waals surface area contributed by atoms with Gasteiger partial charge in [0.05, 0.1) is 26.7 Å². The van der Waals surface area contributed by atoms with Gasteiger partial charge in [0.1, 0.15) is 0 Å². The molecule has 3 rings (SSSR count). The summed E-state index contributed by atoms with van der Waals surface area (Å²) in [5.74, 6) is 1.78. The first kappa shape index (κ1) is 18.1. The van der Waals surface area contributed by atoms with E-state index in [-0.39, 0.29) is 5.91 Å². The Morgan fingerprint density at radius 2 is 1.62 bits per heavy atom. The maximum absolute atomic E-state index is 13.0. The van der Waals surface area contributed by atoms with Crippen molar-refractivity contribution < 1.29 is 19.0 Å². The molecule has 1 saturated carbocycles. The van der Waals surface area contributed by atoms with Crippen LogP contribution in [-0.2, 0) is 16.8 Å². The van der Waals surface area contributed by atoms with Gasteiger partial charge in [-0.05, 0) is 36.1 Å². The van der Waals surface area contributed by atoms with Crippen molar-refractivity contribution in [2.75, 3.05) is 21.3 Å². The summed E-state index contributed by atoms with van der Waals surface area (Å²) in [6, 6.07) is 13.7. The lowest BCUT2D eigenvalue weighted by molar-refractivity contribution is -0.130. The Morgan fingerprint density at radius 3 is 2.08 bits per heavy atom. The van der Waals surface area contributed by atoms with E-state index in [1.807, 2.05) is 42.5 Å². The lowest BCUT2D eigenvalue weighted by Gasteiger charge is -2.40. The summed E-state index contributed by atoms with van der Waals surface area (Å²) in [5.41, 5.74) is 1.59. The van der Waals surface area contributed by atoms with Crippen LogP contribution in [0.1, 0.15) is 30.4 Å². The Morgan fingerprint density at radius 1 is 1.00 bits per heavy atom. The molecule has 0 bridgehead atoms. The van der Waals surface area contributed by atoms with Gasteiger partial charge in [0.25, 0.3) is 0 Å². The molecule has 1 amide bonds. The second kappa shape index (κ2) is 7.68. The first-order valence-corrected chi connectivity index (χ1v) is 8.77. The third-order valence-corrected chi connectivity index (χ3v) is 5.15. The molecule has 0 atom stereocenters. The highest BCUT2D eigenvalue weighted by atomic mass is 16.5. The quantitative estimate of drug-likeness (QED) is 0.826. The van der Waals surface area contributed by atoms with Gasteiger partial charge in [-0.25, -0.2) is 0 Å². The molecule has 138 valence electrons. The Kier molecular flexibility index (Phi) is 5.35. The number of methoxy groups -OCH3 is 3. The van der Waals surface area contributed by atoms with Crippen LogP contribution in [0.4, 0.5) is 0 Å². The maximum Gasteiger partial charge on any atom is 0.230 e. The van der Waals surface area contributed by atoms with Crippen molar-refractivity contribution in [1.82, 2.24) is 5.32 Å². The van der Waals surface area contributed by atoms with Crippen molar-refractivity contribution in [2.45, 2.75) is 31.2 Å². The summed E-state index contributed by atoms with van der Waals surface area (Å²) in [6.45, 7) is 0.407. The van der Waals surface area contributed by atoms with Gasteiger partial charge in [0.15, 0.2) is 11.5 Å². The lowest BCUT2D eigenvalue weighted by Crippen LogP contribution is -2.48. The lowest BCUT2D eigenvalue weighted by atomic mass is 9.64. The number of benzene rings is 2. The first-order chi connectivity index (χ1) is 12.6. The number of carbonyl (C=O) groups excluding carboxylic acids is 1. The number of carbonyl (C=O) groups is 1. The van der Waals surface area contributed by atoms with E-state index in [4.69, 9.17) is 14.2 Å². The van der Waals surface area contributed by atoms with Crippen molar-refractivity contribution in [3.05, 3.63) is 53.6 Å². The van der Waals surface area contributed by atoms with E-state index < -0.39 is 5.41 Å². The van der Waals surface area contributed by atoms with Crippen LogP contribution in [0.3, 0.4) is 0 Å². The smallest absolute Gasteiger partial charge is 0.230 e. The Hall–Kier alpha value is -2.69. The van der Waals surface area contributed by atoms with Crippen molar-refractivity contribution in [3.63, 3.8) is 0 Å². The van der Waals surface area contributed by atoms with Gasteiger partial charge in [0.2, 0.25) is 11.7 Å². The number of rotatable bonds is 7. The maximum atomic E-state index is 13.0. The molecule has 1 N–H and O–H groups in total. The van der Waals surface area contributed by atoms with Gasteiger partial charge < -0.3 is 19.5 Å². The number of nitrogens with one attached hydrogen (secondary N) is 1. The van der Waals surface area contributed by atoms with E-state index in [1.54, 1.807) is 21.3 Å². The highest BCUT2D eigenvalue weighted by Gasteiger charge is 2.45. The Labute approximate surface area is 154 Å². The Bertz CT molecular complexity index is 744. The van der Waals surface area contributed by atoms with E-state index in [1.165, 1.54) is 0 Å². The molecule has 0 heterocycles. The normalized spacial score (nSPS) is 14.9. The van der Waals surface area contributed by atoms with Gasteiger partial charge in [-0.2, -0.15) is 0 Å². The van der Waals surface area contributed by atoms with Crippen molar-refractivity contribution in [3.8, 4) is 17.2 Å². The van der Waals surface area contributed by atoms with E-state index >= 15 is 0 Å². The highest BCUT2D eigenvalue weighted by Crippen LogP contribution is 2.44. The van der Waals surface area contributed by atoms with Crippen LogP contribution in [0, 0.1) is 0 Å². The van der Waals surface area contributed by atoms with Crippen molar-refractivity contribution in [2.24, 2.45) is 0 Å². The van der Waals surface area contributed by atoms with E-state index in [0.29, 0.717) is 23.8 Å². The van der Waals surface area contributed by atoms with Gasteiger partial charge in [-0.3, -0.25) is 4.79 Å². The second-order valence-electron chi connectivity index (χ2n) is 6.52. The predicted molar refractivity (Wildman–Crippen MR) is 99.9 cm³/mol. The number of ether oxygens (including phenoxy) is 3. The minimum absolute atomic E-state index is 0.0729. The number of hydrogen-bond acceptors (Lipinski definition) is 4. The molecule has 1 aliphatic rings. The molecule has 0 aromatic heterocycles. The minimum Gasteiger partial charge on any atom is -0.493 e. The van der Waals surface area contributed by atoms with Crippen LogP contribution in [0.25, 0.3) is 0 Å². The standard InChI is InChI=1S/C21H25NO4/c1-24-17-12-15(13-18(25-2)19(17)26-3)14-22-20(23)21(10-7-11-21)16-8-5-4-6-9-16/h4-6,8-9,12-13H,7,10-11,14H2,1-3H3,(H,22,23). The van der Waals surface area contributed by atoms with Crippen LogP contribution in [0.5, 0.6) is 17.2 Å². The van der Waals surface area contributed by atoms with E-state index in [9.17, 15) is 4.79 Å². The van der Waals surface area contributed by atoms with Crippen LogP contribution in [0.2, 0.25) is 0 Å². The van der Waals surface area contributed by atoms with Gasteiger partial charge in [0, 0.05) is 6.54 Å². The molecule has 1 aliphatic carbocycles. The third-order valence-electron chi connectivity index (χ3n) is 5.15. The molecule has 2 aromatic rings. The SMILES string of the molecule is COc1cc(CNC(=O)C2(c3ccccc3)CCC2)cc(OC)c1OC. The summed E-state index contributed by atoms with van der Waals surface area (Å²) < 4.78 is 16.1. The summed E-state index contributed by atoms with van der Waals surface area (Å²) in [7, 11) is 4.73. The molecule has 0 saturated heterocycles. The van der Waals surface area contributed by atoms with Gasteiger partial charge in [-0.15, -0.1) is 0 Å². The van der Waals surface area contributed by atoms with Crippen LogP contribution in [0.15, 0.2) is 42.5 Å². The number of hydrogen-bond donors (Lipinski definition) is 1. The van der Waals surface area contributed by atoms with E-state index in [2.05, 4.69) is 5.32 Å². The summed E-state index contributed by atoms with van der Waals surface area (Å²) in [6.07, 6.45) is 2.85. The monoisotopic (exact) mass is 355 g/mol. The van der Waals surface area contributed by atoms with E-state index in [0.717, 1.165) is 30.4 Å². The van der Waals surface area contributed by atoms with Gasteiger partial charge >= 0.3 is 0 Å². The van der Waals surface area contributed by atoms with Crippen LogP contribution >= 0.6 is 0 Å². The van der Waals surface area contributed by atoms with Gasteiger partial charge in [-0.1, -0.05) is 36.8 Å². The molecule has 26 heavy (non-hydrogen) atoms. The molecule has 1 fully saturated rings. The minimum atomic E-state index is -0.401. The molecule has 0 aliphatic heterocycles. The van der Waals surface area contributed by atoms with Crippen LogP contribution < -0.4 is 19.5 Å². The summed E-state index contributed by atoms with van der Waals surface area (Å²) in [4.78, 5) is 13.0. The number of amides is 1. The second-order valence-corrected chi connectivity index (χ2v) is 6.52. The molecule has 0 unspecified atom stereocenters. The summed E-state index contributed by atoms with van der Waals surface area (Å²) >= 11 is 0. The first-order valence-electron chi connectivity index (χ1n) is 8.77. The zero-order valence-electron chi connectivity index (χ0n) is 15.5. The predicted octanol–water partition coefficient (Wildman–Crippen LogP) is 3.45. The zero-order valence-corrected chi connectivity index (χ0v) is 15.5. The Balaban J connectivity index is 1.77.